The number of aromatic nitrogens is 3. The van der Waals surface area contributed by atoms with E-state index in [1.807, 2.05) is 0 Å². The van der Waals surface area contributed by atoms with Gasteiger partial charge in [0.1, 0.15) is 5.82 Å². The Kier molecular flexibility index (Phi) is 3.89. The zero-order valence-electron chi connectivity index (χ0n) is 12.0. The first-order chi connectivity index (χ1) is 10.6. The van der Waals surface area contributed by atoms with Crippen molar-refractivity contribution in [3.63, 3.8) is 0 Å². The third kappa shape index (κ3) is 2.85. The van der Waals surface area contributed by atoms with Crippen molar-refractivity contribution in [3.05, 3.63) is 42.0 Å². The molecule has 116 valence electrons. The number of carbonyl (C=O) groups excluding carboxylic acids is 1. The lowest BCUT2D eigenvalue weighted by molar-refractivity contribution is 0.0833. The average Bonchev–Trinajstić information content (AvgIpc) is 3.18. The predicted molar refractivity (Wildman–Crippen MR) is 77.1 cm³/mol. The summed E-state index contributed by atoms with van der Waals surface area (Å²) in [7, 11) is 0. The van der Waals surface area contributed by atoms with E-state index in [9.17, 15) is 14.3 Å². The summed E-state index contributed by atoms with van der Waals surface area (Å²) in [5, 5.41) is 20.1. The third-order valence-electron chi connectivity index (χ3n) is 4.06. The van der Waals surface area contributed by atoms with Gasteiger partial charge in [-0.05, 0) is 37.1 Å². The molecule has 0 unspecified atom stereocenters. The maximum absolute atomic E-state index is 12.9. The van der Waals surface area contributed by atoms with E-state index in [1.165, 1.54) is 23.0 Å². The first-order valence-electron chi connectivity index (χ1n) is 7.24. The Morgan fingerprint density at radius 2 is 2.00 bits per heavy atom. The van der Waals surface area contributed by atoms with Crippen LogP contribution in [0.3, 0.4) is 0 Å². The monoisotopic (exact) mass is 304 g/mol. The summed E-state index contributed by atoms with van der Waals surface area (Å²) in [6.07, 6.45) is 5.00. The van der Waals surface area contributed by atoms with Gasteiger partial charge >= 0.3 is 0 Å². The number of rotatable bonds is 4. The molecular weight excluding hydrogens is 287 g/mol. The number of nitrogens with one attached hydrogen (secondary N) is 1. The molecule has 7 heteroatoms. The lowest BCUT2D eigenvalue weighted by Crippen LogP contribution is -2.49. The number of hydrogen-bond donors (Lipinski definition) is 2. The van der Waals surface area contributed by atoms with E-state index in [2.05, 4.69) is 15.6 Å². The molecule has 6 nitrogen and oxygen atoms in total. The van der Waals surface area contributed by atoms with Crippen LogP contribution in [-0.2, 0) is 0 Å². The van der Waals surface area contributed by atoms with Crippen LogP contribution in [0.15, 0.2) is 30.5 Å². The lowest BCUT2D eigenvalue weighted by atomic mass is 9.99. The molecule has 0 saturated heterocycles. The molecule has 2 aromatic rings. The number of nitrogens with zero attached hydrogens (tertiary/aromatic N) is 3. The highest BCUT2D eigenvalue weighted by molar-refractivity contribution is 5.92. The van der Waals surface area contributed by atoms with Crippen molar-refractivity contribution in [1.29, 1.82) is 0 Å². The summed E-state index contributed by atoms with van der Waals surface area (Å²) in [6.45, 7) is -0.0785. The van der Waals surface area contributed by atoms with Crippen molar-refractivity contribution in [3.8, 4) is 5.69 Å². The molecule has 1 aromatic carbocycles. The van der Waals surface area contributed by atoms with Crippen molar-refractivity contribution in [2.45, 2.75) is 31.2 Å². The molecule has 0 atom stereocenters. The molecule has 1 saturated carbocycles. The summed E-state index contributed by atoms with van der Waals surface area (Å²) in [4.78, 5) is 12.3. The van der Waals surface area contributed by atoms with Crippen molar-refractivity contribution < 1.29 is 14.3 Å². The minimum Gasteiger partial charge on any atom is -0.394 e. The van der Waals surface area contributed by atoms with E-state index >= 15 is 0 Å². The van der Waals surface area contributed by atoms with Crippen LogP contribution in [0.4, 0.5) is 4.39 Å². The first kappa shape index (κ1) is 14.6. The van der Waals surface area contributed by atoms with Crippen molar-refractivity contribution >= 4 is 5.91 Å². The van der Waals surface area contributed by atoms with E-state index in [1.54, 1.807) is 12.1 Å². The normalized spacial score (nSPS) is 16.6. The Morgan fingerprint density at radius 3 is 2.64 bits per heavy atom. The van der Waals surface area contributed by atoms with Gasteiger partial charge in [0.2, 0.25) is 0 Å². The second kappa shape index (κ2) is 5.84. The quantitative estimate of drug-likeness (QED) is 0.896. The van der Waals surface area contributed by atoms with E-state index in [4.69, 9.17) is 0 Å². The summed E-state index contributed by atoms with van der Waals surface area (Å²) in [5.74, 6) is -0.697. The van der Waals surface area contributed by atoms with Gasteiger partial charge in [0.15, 0.2) is 5.69 Å². The van der Waals surface area contributed by atoms with Crippen LogP contribution in [0.25, 0.3) is 5.69 Å². The molecule has 0 spiro atoms. The molecule has 1 aromatic heterocycles. The molecule has 22 heavy (non-hydrogen) atoms. The Morgan fingerprint density at radius 1 is 1.32 bits per heavy atom. The van der Waals surface area contributed by atoms with Gasteiger partial charge in [-0.3, -0.25) is 4.79 Å². The van der Waals surface area contributed by atoms with Gasteiger partial charge in [0, 0.05) is 0 Å². The van der Waals surface area contributed by atoms with Crippen molar-refractivity contribution in [2.24, 2.45) is 0 Å². The third-order valence-corrected chi connectivity index (χ3v) is 4.06. The SMILES string of the molecule is O=C(NC1(CO)CCCC1)c1cn(-c2ccc(F)cc2)nn1. The van der Waals surface area contributed by atoms with Gasteiger partial charge < -0.3 is 10.4 Å². The number of hydrogen-bond acceptors (Lipinski definition) is 4. The largest absolute Gasteiger partial charge is 0.394 e. The molecule has 2 N–H and O–H groups in total. The average molecular weight is 304 g/mol. The fourth-order valence-corrected chi connectivity index (χ4v) is 2.77. The molecule has 0 bridgehead atoms. The highest BCUT2D eigenvalue weighted by Gasteiger charge is 2.35. The Bertz CT molecular complexity index is 662. The number of amides is 1. The highest BCUT2D eigenvalue weighted by Crippen LogP contribution is 2.29. The van der Waals surface area contributed by atoms with Crippen LogP contribution < -0.4 is 5.32 Å². The standard InChI is InChI=1S/C15H17FN4O2/c16-11-3-5-12(6-4-11)20-9-13(18-19-20)14(22)17-15(10-21)7-1-2-8-15/h3-6,9,21H,1-2,7-8,10H2,(H,17,22). The van der Waals surface area contributed by atoms with Gasteiger partial charge in [-0.1, -0.05) is 18.1 Å². The molecule has 1 fully saturated rings. The number of benzene rings is 1. The van der Waals surface area contributed by atoms with Gasteiger partial charge in [-0.2, -0.15) is 0 Å². The Labute approximate surface area is 127 Å². The van der Waals surface area contributed by atoms with E-state index in [-0.39, 0.29) is 24.0 Å². The minimum absolute atomic E-state index is 0.0785. The van der Waals surface area contributed by atoms with Crippen LogP contribution in [0, 0.1) is 5.82 Å². The molecule has 3 rings (SSSR count). The van der Waals surface area contributed by atoms with Crippen LogP contribution >= 0.6 is 0 Å². The van der Waals surface area contributed by atoms with Gasteiger partial charge in [0.25, 0.3) is 5.91 Å². The maximum atomic E-state index is 12.9. The predicted octanol–water partition coefficient (Wildman–Crippen LogP) is 1.44. The van der Waals surface area contributed by atoms with Crippen LogP contribution in [-0.4, -0.2) is 38.2 Å². The van der Waals surface area contributed by atoms with Gasteiger partial charge in [-0.25, -0.2) is 9.07 Å². The molecular formula is C15H17FN4O2. The van der Waals surface area contributed by atoms with Crippen LogP contribution in [0.5, 0.6) is 0 Å². The number of aliphatic hydroxyl groups is 1. The lowest BCUT2D eigenvalue weighted by Gasteiger charge is -2.27. The number of halogens is 1. The molecule has 1 aliphatic rings. The Hall–Kier alpha value is -2.28. The second-order valence-electron chi connectivity index (χ2n) is 5.62. The van der Waals surface area contributed by atoms with E-state index in [0.717, 1.165) is 25.7 Å². The van der Waals surface area contributed by atoms with E-state index < -0.39 is 5.54 Å². The fourth-order valence-electron chi connectivity index (χ4n) is 2.77. The van der Waals surface area contributed by atoms with Gasteiger partial charge in [-0.15, -0.1) is 5.10 Å². The van der Waals surface area contributed by atoms with E-state index in [0.29, 0.717) is 5.69 Å². The molecule has 1 heterocycles. The van der Waals surface area contributed by atoms with Gasteiger partial charge in [0.05, 0.1) is 24.0 Å². The van der Waals surface area contributed by atoms with Crippen molar-refractivity contribution in [2.75, 3.05) is 6.61 Å². The summed E-state index contributed by atoms with van der Waals surface area (Å²) < 4.78 is 14.3. The summed E-state index contributed by atoms with van der Waals surface area (Å²) in [6, 6.07) is 5.74. The second-order valence-corrected chi connectivity index (χ2v) is 5.62. The molecule has 1 amide bonds. The first-order valence-corrected chi connectivity index (χ1v) is 7.24. The highest BCUT2D eigenvalue weighted by atomic mass is 19.1. The fraction of sp³-hybridized carbons (Fsp3) is 0.400. The Balaban J connectivity index is 1.75. The van der Waals surface area contributed by atoms with Crippen LogP contribution in [0.2, 0.25) is 0 Å². The zero-order chi connectivity index (χ0) is 15.6. The molecule has 0 radical (unpaired) electrons. The minimum atomic E-state index is -0.545. The topological polar surface area (TPSA) is 80.0 Å². The number of aliphatic hydroxyl groups excluding tert-OH is 1. The zero-order valence-corrected chi connectivity index (χ0v) is 12.0. The maximum Gasteiger partial charge on any atom is 0.273 e. The van der Waals surface area contributed by atoms with Crippen molar-refractivity contribution in [1.82, 2.24) is 20.3 Å². The smallest absolute Gasteiger partial charge is 0.273 e. The summed E-state index contributed by atoms with van der Waals surface area (Å²) >= 11 is 0. The molecule has 1 aliphatic carbocycles. The summed E-state index contributed by atoms with van der Waals surface area (Å²) in [5.41, 5.74) is 0.242. The van der Waals surface area contributed by atoms with Crippen LogP contribution in [0.1, 0.15) is 36.2 Å². The molecule has 0 aliphatic heterocycles. The number of carbonyl (C=O) groups is 1.